The second-order valence-corrected chi connectivity index (χ2v) is 7.77. The summed E-state index contributed by atoms with van der Waals surface area (Å²) in [6, 6.07) is 10.6. The molecule has 9 heteroatoms. The van der Waals surface area contributed by atoms with Gasteiger partial charge < -0.3 is 10.3 Å². The van der Waals surface area contributed by atoms with Gasteiger partial charge in [0.2, 0.25) is 0 Å². The first-order chi connectivity index (χ1) is 14.8. The van der Waals surface area contributed by atoms with Crippen molar-refractivity contribution in [3.63, 3.8) is 0 Å². The summed E-state index contributed by atoms with van der Waals surface area (Å²) in [4.78, 5) is 20.6. The number of nitrogens with two attached hydrogens (primary N) is 1. The molecule has 0 bridgehead atoms. The topological polar surface area (TPSA) is 73.8 Å². The minimum atomic E-state index is -4.49. The number of benzene rings is 1. The first-order valence-electron chi connectivity index (χ1n) is 9.27. The van der Waals surface area contributed by atoms with Crippen molar-refractivity contribution >= 4 is 17.2 Å². The number of primary amides is 1. The van der Waals surface area contributed by atoms with Crippen LogP contribution < -0.4 is 5.73 Å². The van der Waals surface area contributed by atoms with Gasteiger partial charge in [0.25, 0.3) is 5.91 Å². The highest BCUT2D eigenvalue weighted by atomic mass is 32.1. The van der Waals surface area contributed by atoms with Crippen LogP contribution in [0.1, 0.15) is 27.2 Å². The number of amides is 1. The lowest BCUT2D eigenvalue weighted by Crippen LogP contribution is -2.15. The van der Waals surface area contributed by atoms with Gasteiger partial charge in [0.15, 0.2) is 0 Å². The van der Waals surface area contributed by atoms with Crippen molar-refractivity contribution in [2.45, 2.75) is 19.6 Å². The molecule has 0 saturated heterocycles. The second-order valence-electron chi connectivity index (χ2n) is 6.91. The van der Waals surface area contributed by atoms with E-state index >= 15 is 0 Å². The summed E-state index contributed by atoms with van der Waals surface area (Å²) in [7, 11) is 0. The van der Waals surface area contributed by atoms with Gasteiger partial charge in [-0.05, 0) is 36.8 Å². The van der Waals surface area contributed by atoms with E-state index in [9.17, 15) is 18.0 Å². The molecule has 1 aromatic carbocycles. The third-order valence-electron chi connectivity index (χ3n) is 4.96. The summed E-state index contributed by atoms with van der Waals surface area (Å²) in [5, 5.41) is 2.51. The Hall–Kier alpha value is -3.46. The first-order valence-corrected chi connectivity index (χ1v) is 10.1. The lowest BCUT2D eigenvalue weighted by molar-refractivity contribution is -0.138. The van der Waals surface area contributed by atoms with Crippen LogP contribution in [0, 0.1) is 6.92 Å². The van der Waals surface area contributed by atoms with Gasteiger partial charge in [0, 0.05) is 35.6 Å². The van der Waals surface area contributed by atoms with E-state index in [0.29, 0.717) is 22.1 Å². The average Bonchev–Trinajstić information content (AvgIpc) is 3.34. The van der Waals surface area contributed by atoms with Gasteiger partial charge in [0.05, 0.1) is 22.5 Å². The summed E-state index contributed by atoms with van der Waals surface area (Å²) >= 11 is 1.38. The average molecular weight is 442 g/mol. The molecular formula is C22H17F3N4OS. The third-order valence-corrected chi connectivity index (χ3v) is 5.85. The van der Waals surface area contributed by atoms with Crippen molar-refractivity contribution < 1.29 is 18.0 Å². The Bertz CT molecular complexity index is 1250. The van der Waals surface area contributed by atoms with Crippen molar-refractivity contribution in [2.24, 2.45) is 5.73 Å². The van der Waals surface area contributed by atoms with E-state index in [0.717, 1.165) is 11.6 Å². The van der Waals surface area contributed by atoms with E-state index in [2.05, 4.69) is 9.97 Å². The van der Waals surface area contributed by atoms with E-state index in [1.54, 1.807) is 47.5 Å². The minimum Gasteiger partial charge on any atom is -0.366 e. The maximum Gasteiger partial charge on any atom is 0.416 e. The fourth-order valence-electron chi connectivity index (χ4n) is 3.43. The molecule has 5 nitrogen and oxygen atoms in total. The largest absolute Gasteiger partial charge is 0.416 e. The van der Waals surface area contributed by atoms with E-state index in [4.69, 9.17) is 5.73 Å². The number of pyridine rings is 1. The molecule has 2 N–H and O–H groups in total. The predicted molar refractivity (Wildman–Crippen MR) is 113 cm³/mol. The van der Waals surface area contributed by atoms with Crippen LogP contribution in [0.2, 0.25) is 0 Å². The Balaban J connectivity index is 1.82. The highest BCUT2D eigenvalue weighted by Gasteiger charge is 2.33. The zero-order valence-corrected chi connectivity index (χ0v) is 17.2. The van der Waals surface area contributed by atoms with Gasteiger partial charge in [-0.15, -0.1) is 11.3 Å². The van der Waals surface area contributed by atoms with E-state index in [-0.39, 0.29) is 17.7 Å². The number of carbonyl (C=O) groups excluding carboxylic acids is 1. The molecule has 0 aliphatic carbocycles. The third kappa shape index (κ3) is 4.09. The monoisotopic (exact) mass is 442 g/mol. The summed E-state index contributed by atoms with van der Waals surface area (Å²) in [5.74, 6) is -0.649. The number of carbonyl (C=O) groups is 1. The van der Waals surface area contributed by atoms with Crippen molar-refractivity contribution in [3.05, 3.63) is 82.6 Å². The number of hydrogen-bond acceptors (Lipinski definition) is 4. The Morgan fingerprint density at radius 2 is 1.97 bits per heavy atom. The van der Waals surface area contributed by atoms with Crippen LogP contribution in [-0.2, 0) is 12.7 Å². The van der Waals surface area contributed by atoms with Gasteiger partial charge in [0.1, 0.15) is 5.01 Å². The molecule has 0 aliphatic heterocycles. The molecule has 158 valence electrons. The smallest absolute Gasteiger partial charge is 0.366 e. The predicted octanol–water partition coefficient (Wildman–Crippen LogP) is 5.15. The van der Waals surface area contributed by atoms with Crippen LogP contribution in [0.5, 0.6) is 0 Å². The molecule has 0 fully saturated rings. The molecule has 1 amide bonds. The number of alkyl halides is 3. The van der Waals surface area contributed by atoms with Crippen molar-refractivity contribution in [3.8, 4) is 22.0 Å². The van der Waals surface area contributed by atoms with E-state index in [1.807, 2.05) is 6.07 Å². The fourth-order valence-corrected chi connectivity index (χ4v) is 4.23. The molecule has 4 rings (SSSR count). The first kappa shape index (κ1) is 20.8. The quantitative estimate of drug-likeness (QED) is 0.465. The van der Waals surface area contributed by atoms with Gasteiger partial charge >= 0.3 is 6.18 Å². The van der Waals surface area contributed by atoms with Crippen LogP contribution in [0.3, 0.4) is 0 Å². The van der Waals surface area contributed by atoms with Crippen LogP contribution in [0.25, 0.3) is 22.0 Å². The Morgan fingerprint density at radius 1 is 1.19 bits per heavy atom. The molecule has 4 aromatic rings. The van der Waals surface area contributed by atoms with Crippen LogP contribution in [-0.4, -0.2) is 20.4 Å². The number of nitrogens with zero attached hydrogens (tertiary/aromatic N) is 3. The highest BCUT2D eigenvalue weighted by molar-refractivity contribution is 7.13. The highest BCUT2D eigenvalue weighted by Crippen LogP contribution is 2.35. The lowest BCUT2D eigenvalue weighted by atomic mass is 10.1. The molecule has 0 aliphatic rings. The molecule has 0 unspecified atom stereocenters. The number of hydrogen-bond donors (Lipinski definition) is 1. The summed E-state index contributed by atoms with van der Waals surface area (Å²) in [6.07, 6.45) is -1.15. The van der Waals surface area contributed by atoms with E-state index < -0.39 is 17.6 Å². The molecule has 31 heavy (non-hydrogen) atoms. The molecule has 3 heterocycles. The van der Waals surface area contributed by atoms with Gasteiger partial charge in [-0.1, -0.05) is 18.2 Å². The summed E-state index contributed by atoms with van der Waals surface area (Å²) in [5.41, 5.74) is 7.50. The second kappa shape index (κ2) is 7.99. The van der Waals surface area contributed by atoms with Crippen molar-refractivity contribution in [1.29, 1.82) is 0 Å². The minimum absolute atomic E-state index is 0.0795. The summed E-state index contributed by atoms with van der Waals surface area (Å²) < 4.78 is 42.1. The SMILES string of the molecule is Cc1c(C(N)=O)cc(-c2csc(-c3cccnc3)n2)n1Cc1ccccc1C(F)(F)F. The maximum atomic E-state index is 13.5. The van der Waals surface area contributed by atoms with Gasteiger partial charge in [-0.25, -0.2) is 4.98 Å². The number of aromatic nitrogens is 3. The maximum absolute atomic E-state index is 13.5. The molecule has 0 spiro atoms. The molecular weight excluding hydrogens is 425 g/mol. The standard InChI is InChI=1S/C22H17F3N4OS/c1-13-16(20(26)30)9-19(18-12-31-21(28-18)14-6-4-8-27-10-14)29(13)11-15-5-2-3-7-17(15)22(23,24)25/h2-10,12H,11H2,1H3,(H2,26,30). The Kier molecular flexibility index (Phi) is 5.36. The number of halogens is 3. The van der Waals surface area contributed by atoms with Gasteiger partial charge in [-0.2, -0.15) is 13.2 Å². The zero-order chi connectivity index (χ0) is 22.2. The number of thiazole rings is 1. The molecule has 0 saturated carbocycles. The molecule has 0 atom stereocenters. The molecule has 3 aromatic heterocycles. The van der Waals surface area contributed by atoms with Gasteiger partial charge in [-0.3, -0.25) is 9.78 Å². The lowest BCUT2D eigenvalue weighted by Gasteiger charge is -2.16. The number of rotatable bonds is 5. The van der Waals surface area contributed by atoms with Crippen molar-refractivity contribution in [2.75, 3.05) is 0 Å². The summed E-state index contributed by atoms with van der Waals surface area (Å²) in [6.45, 7) is 1.58. The fraction of sp³-hybridized carbons (Fsp3) is 0.136. The molecule has 0 radical (unpaired) electrons. The zero-order valence-electron chi connectivity index (χ0n) is 16.3. The van der Waals surface area contributed by atoms with Crippen molar-refractivity contribution in [1.82, 2.24) is 14.5 Å². The normalized spacial score (nSPS) is 11.6. The van der Waals surface area contributed by atoms with E-state index in [1.165, 1.54) is 23.5 Å². The van der Waals surface area contributed by atoms with Crippen LogP contribution in [0.4, 0.5) is 13.2 Å². The Labute approximate surface area is 180 Å². The van der Waals surface area contributed by atoms with Crippen LogP contribution >= 0.6 is 11.3 Å². The Morgan fingerprint density at radius 3 is 2.65 bits per heavy atom. The van der Waals surface area contributed by atoms with Crippen LogP contribution in [0.15, 0.2) is 60.2 Å².